The van der Waals surface area contributed by atoms with E-state index >= 15 is 0 Å². The van der Waals surface area contributed by atoms with Gasteiger partial charge in [-0.05, 0) is 29.8 Å². The first-order valence-corrected chi connectivity index (χ1v) is 11.4. The fourth-order valence-electron chi connectivity index (χ4n) is 4.34. The molecule has 2 atom stereocenters. The second-order valence-electron chi connectivity index (χ2n) is 8.66. The fourth-order valence-corrected chi connectivity index (χ4v) is 4.34. The van der Waals surface area contributed by atoms with Gasteiger partial charge >= 0.3 is 30.9 Å². The van der Waals surface area contributed by atoms with Gasteiger partial charge in [0.15, 0.2) is 11.6 Å². The number of carbonyl (C=O) groups excluding carboxylic acids is 1. The molecular formula is C25H28F2LiN5O4. The minimum absolute atomic E-state index is 0. The van der Waals surface area contributed by atoms with Crippen LogP contribution in [-0.4, -0.2) is 90.0 Å². The van der Waals surface area contributed by atoms with Crippen LogP contribution in [0.1, 0.15) is 21.8 Å². The third-order valence-corrected chi connectivity index (χ3v) is 6.24. The zero-order chi connectivity index (χ0) is 25.8. The van der Waals surface area contributed by atoms with Crippen LogP contribution in [0.3, 0.4) is 0 Å². The second kappa shape index (κ2) is 12.3. The molecule has 2 amide bonds. The number of ether oxygens (including phenoxy) is 1. The van der Waals surface area contributed by atoms with Gasteiger partial charge in [0.1, 0.15) is 5.82 Å². The predicted octanol–water partition coefficient (Wildman–Crippen LogP) is 2.65. The molecule has 0 bridgehead atoms. The predicted molar refractivity (Wildman–Crippen MR) is 136 cm³/mol. The number of aromatic nitrogens is 2. The van der Waals surface area contributed by atoms with Gasteiger partial charge in [-0.3, -0.25) is 14.9 Å². The maximum absolute atomic E-state index is 13.9. The Morgan fingerprint density at radius 2 is 1.84 bits per heavy atom. The Morgan fingerprint density at radius 1 is 1.11 bits per heavy atom. The van der Waals surface area contributed by atoms with Gasteiger partial charge in [-0.25, -0.2) is 18.4 Å². The van der Waals surface area contributed by atoms with Crippen molar-refractivity contribution in [1.29, 1.82) is 0 Å². The average molecular weight is 507 g/mol. The molecule has 9 nitrogen and oxygen atoms in total. The Labute approximate surface area is 225 Å². The Kier molecular flexibility index (Phi) is 9.45. The third-order valence-electron chi connectivity index (χ3n) is 6.24. The van der Waals surface area contributed by atoms with Crippen molar-refractivity contribution in [3.63, 3.8) is 0 Å². The number of aromatic carboxylic acids is 1. The maximum atomic E-state index is 13.9. The molecule has 1 fully saturated rings. The van der Waals surface area contributed by atoms with Crippen LogP contribution in [0.15, 0.2) is 48.5 Å². The second-order valence-corrected chi connectivity index (χ2v) is 8.66. The number of carboxylic acid groups (broad SMARTS) is 1. The molecule has 1 aliphatic rings. The third kappa shape index (κ3) is 6.75. The van der Waals surface area contributed by atoms with Crippen molar-refractivity contribution >= 4 is 36.7 Å². The monoisotopic (exact) mass is 507 g/mol. The fraction of sp³-hybridized carbons (Fsp3) is 0.320. The molecule has 0 spiro atoms. The molecule has 0 radical (unpaired) electrons. The normalized spacial score (nSPS) is 17.3. The first-order chi connectivity index (χ1) is 17.2. The zero-order valence-electron chi connectivity index (χ0n) is 19.9. The molecule has 0 unspecified atom stereocenters. The summed E-state index contributed by atoms with van der Waals surface area (Å²) in [5, 5.41) is 19.2. The van der Waals surface area contributed by atoms with Gasteiger partial charge in [0.25, 0.3) is 0 Å². The molecule has 1 aromatic heterocycles. The number of hydrogen-bond donors (Lipinski definition) is 3. The van der Waals surface area contributed by atoms with E-state index in [9.17, 15) is 18.4 Å². The number of carbonyl (C=O) groups is 2. The van der Waals surface area contributed by atoms with Crippen molar-refractivity contribution in [3.8, 4) is 11.3 Å². The zero-order valence-corrected chi connectivity index (χ0v) is 19.9. The van der Waals surface area contributed by atoms with Crippen molar-refractivity contribution < 1.29 is 28.2 Å². The van der Waals surface area contributed by atoms with Gasteiger partial charge in [-0.2, -0.15) is 5.10 Å². The molecular weight excluding hydrogens is 479 g/mol. The molecule has 192 valence electrons. The molecule has 12 heteroatoms. The van der Waals surface area contributed by atoms with Crippen LogP contribution in [0.2, 0.25) is 0 Å². The van der Waals surface area contributed by atoms with Crippen LogP contribution < -0.4 is 10.6 Å². The van der Waals surface area contributed by atoms with E-state index in [1.54, 1.807) is 38.4 Å². The standard InChI is InChI=1S/C25H27F2N5O4.Li.H/c1-31-23(12-21(30-31)15-3-5-16(6-4-15)24(33)34)29-25(35)28-22-14-32(9-10-36-2)13-18(22)17-7-8-19(26)20(27)11-17;;/h3-8,11-12,18,22H,9-10,13-14H2,1-2H3,(H,33,34)(H2,28,29,35);;/t18-,22+;;/m0../s1. The van der Waals surface area contributed by atoms with E-state index in [1.165, 1.54) is 22.9 Å². The van der Waals surface area contributed by atoms with Crippen LogP contribution >= 0.6 is 0 Å². The van der Waals surface area contributed by atoms with Gasteiger partial charge in [0, 0.05) is 51.3 Å². The van der Waals surface area contributed by atoms with Gasteiger partial charge in [-0.1, -0.05) is 18.2 Å². The van der Waals surface area contributed by atoms with E-state index in [0.29, 0.717) is 48.9 Å². The van der Waals surface area contributed by atoms with Crippen LogP contribution in [0, 0.1) is 11.6 Å². The van der Waals surface area contributed by atoms with Gasteiger partial charge in [-0.15, -0.1) is 0 Å². The number of carboxylic acids is 1. The quantitative estimate of drug-likeness (QED) is 0.405. The van der Waals surface area contributed by atoms with Gasteiger partial charge < -0.3 is 15.2 Å². The topological polar surface area (TPSA) is 109 Å². The number of aryl methyl sites for hydroxylation is 1. The minimum atomic E-state index is -1.02. The number of rotatable bonds is 8. The van der Waals surface area contributed by atoms with Crippen LogP contribution in [0.5, 0.6) is 0 Å². The van der Waals surface area contributed by atoms with Crippen molar-refractivity contribution in [1.82, 2.24) is 20.0 Å². The van der Waals surface area contributed by atoms with E-state index in [1.807, 2.05) is 0 Å². The number of anilines is 1. The van der Waals surface area contributed by atoms with Crippen LogP contribution in [0.25, 0.3) is 11.3 Å². The van der Waals surface area contributed by atoms with Crippen molar-refractivity contribution in [2.45, 2.75) is 12.0 Å². The summed E-state index contributed by atoms with van der Waals surface area (Å²) in [6.07, 6.45) is 0. The van der Waals surface area contributed by atoms with E-state index in [-0.39, 0.29) is 36.4 Å². The van der Waals surface area contributed by atoms with Gasteiger partial charge in [0.05, 0.1) is 23.9 Å². The summed E-state index contributed by atoms with van der Waals surface area (Å²) in [5.74, 6) is -2.67. The molecule has 0 saturated carbocycles. The summed E-state index contributed by atoms with van der Waals surface area (Å²) in [4.78, 5) is 26.1. The van der Waals surface area contributed by atoms with E-state index < -0.39 is 23.6 Å². The molecule has 1 saturated heterocycles. The van der Waals surface area contributed by atoms with Crippen molar-refractivity contribution in [2.75, 3.05) is 38.7 Å². The summed E-state index contributed by atoms with van der Waals surface area (Å²) in [5.41, 5.74) is 2.04. The van der Waals surface area contributed by atoms with Gasteiger partial charge in [0.2, 0.25) is 0 Å². The number of nitrogens with one attached hydrogen (secondary N) is 2. The summed E-state index contributed by atoms with van der Waals surface area (Å²) in [6.45, 7) is 2.23. The molecule has 1 aliphatic heterocycles. The summed E-state index contributed by atoms with van der Waals surface area (Å²) < 4.78 is 34.1. The molecule has 4 rings (SSSR count). The average Bonchev–Trinajstić information content (AvgIpc) is 3.42. The van der Waals surface area contributed by atoms with E-state index in [4.69, 9.17) is 9.84 Å². The molecule has 37 heavy (non-hydrogen) atoms. The molecule has 3 N–H and O–H groups in total. The number of likely N-dealkylation sites (tertiary alicyclic amines) is 1. The number of hydrogen-bond acceptors (Lipinski definition) is 5. The first kappa shape index (κ1) is 28.3. The molecule has 2 heterocycles. The number of nitrogens with zero attached hydrogens (tertiary/aromatic N) is 3. The number of halogens is 2. The molecule has 2 aromatic carbocycles. The Bertz CT molecular complexity index is 1250. The first-order valence-electron chi connectivity index (χ1n) is 11.4. The Morgan fingerprint density at radius 3 is 2.49 bits per heavy atom. The van der Waals surface area contributed by atoms with Crippen LogP contribution in [-0.2, 0) is 11.8 Å². The van der Waals surface area contributed by atoms with Crippen LogP contribution in [0.4, 0.5) is 19.4 Å². The Balaban J connectivity index is 0.00000380. The summed E-state index contributed by atoms with van der Waals surface area (Å²) in [7, 11) is 3.28. The summed E-state index contributed by atoms with van der Waals surface area (Å²) in [6, 6.07) is 11.0. The number of amides is 2. The molecule has 0 aliphatic carbocycles. The van der Waals surface area contributed by atoms with E-state index in [0.717, 1.165) is 6.07 Å². The van der Waals surface area contributed by atoms with E-state index in [2.05, 4.69) is 20.6 Å². The van der Waals surface area contributed by atoms with Crippen molar-refractivity contribution in [3.05, 3.63) is 71.3 Å². The number of benzene rings is 2. The van der Waals surface area contributed by atoms with Crippen molar-refractivity contribution in [2.24, 2.45) is 7.05 Å². The molecule has 3 aromatic rings. The number of urea groups is 1. The Hall–Kier alpha value is -3.23. The summed E-state index contributed by atoms with van der Waals surface area (Å²) >= 11 is 0. The number of methoxy groups -OCH3 is 1. The SMILES string of the molecule is COCCN1C[C@@H](NC(=O)Nc2cc(-c3ccc(C(=O)O)cc3)nn2C)[C@H](c2ccc(F)c(F)c2)C1.[LiH].